The second kappa shape index (κ2) is 9.63. The van der Waals surface area contributed by atoms with Crippen molar-refractivity contribution in [1.82, 2.24) is 0 Å². The van der Waals surface area contributed by atoms with Gasteiger partial charge >= 0.3 is 65.0 Å². The summed E-state index contributed by atoms with van der Waals surface area (Å²) in [6, 6.07) is 0. The summed E-state index contributed by atoms with van der Waals surface area (Å²) < 4.78 is 0. The van der Waals surface area contributed by atoms with Gasteiger partial charge in [0.25, 0.3) is 0 Å². The first-order valence-corrected chi connectivity index (χ1v) is 0.548. The van der Waals surface area contributed by atoms with Crippen LogP contribution in [0.2, 0.25) is 0 Å². The van der Waals surface area contributed by atoms with Gasteiger partial charge in [0.1, 0.15) is 0 Å². The molecule has 0 atom stereocenters. The molecular weight excluding hydrogens is 309 g/mol. The van der Waals surface area contributed by atoms with E-state index in [4.69, 9.17) is 15.3 Å². The van der Waals surface area contributed by atoms with Crippen LogP contribution in [0.1, 0.15) is 0 Å². The van der Waals surface area contributed by atoms with E-state index in [1.54, 1.807) is 0 Å². The summed E-state index contributed by atoms with van der Waals surface area (Å²) in [7, 11) is 0. The minimum atomic E-state index is -1.75. The van der Waals surface area contributed by atoms with Crippen LogP contribution < -0.4 is 0 Å². The summed E-state index contributed by atoms with van der Waals surface area (Å²) in [5.74, 6) is 0. The predicted molar refractivity (Wildman–Crippen MR) is 27.4 cm³/mol. The maximum absolute atomic E-state index is 8.25. The molecule has 0 bridgehead atoms. The molecule has 0 aromatic heterocycles. The van der Waals surface area contributed by atoms with Gasteiger partial charge in [-0.1, -0.05) is 0 Å². The molecule has 0 aliphatic carbocycles. The second-order valence-electron chi connectivity index (χ2n) is 0.224. The Hall–Kier alpha value is 1.38. The van der Waals surface area contributed by atoms with Gasteiger partial charge in [-0.15, -0.1) is 0 Å². The number of hydrogen-bond donors (Lipinski definition) is 0. The van der Waals surface area contributed by atoms with E-state index in [-0.39, 0.29) is 65.0 Å². The summed E-state index contributed by atoms with van der Waals surface area (Å²) >= 11 is 0. The van der Waals surface area contributed by atoms with Crippen LogP contribution in [-0.2, 0) is 0 Å². The van der Waals surface area contributed by atoms with Gasteiger partial charge in [0.2, 0.25) is 0 Å². The van der Waals surface area contributed by atoms with Crippen molar-refractivity contribution in [2.45, 2.75) is 0 Å². The molecule has 0 rings (SSSR count). The third-order valence-corrected chi connectivity index (χ3v) is 0. The Balaban J connectivity index is -0.0000000450. The van der Waals surface area contributed by atoms with Gasteiger partial charge in [0.15, 0.2) is 0 Å². The first-order chi connectivity index (χ1) is 1.73. The molecule has 0 aromatic carbocycles. The van der Waals surface area contributed by atoms with Crippen LogP contribution in [-0.4, -0.2) is 70.1 Å². The molecule has 0 unspecified atom stereocenters. The van der Waals surface area contributed by atoms with Crippen molar-refractivity contribution in [1.29, 1.82) is 0 Å². The van der Waals surface area contributed by atoms with Crippen molar-refractivity contribution in [3.8, 4) is 0 Å². The zero-order valence-corrected chi connectivity index (χ0v) is 7.88. The fourth-order valence-corrected chi connectivity index (χ4v) is 0. The molecule has 34 valence electrons. The molecule has 6 heavy (non-hydrogen) atoms. The Morgan fingerprint density at radius 3 is 1.33 bits per heavy atom. The van der Waals surface area contributed by atoms with Crippen LogP contribution in [0, 0.1) is 15.3 Å². The molecule has 0 N–H and O–H groups in total. The number of rotatable bonds is 0. The van der Waals surface area contributed by atoms with Gasteiger partial charge in [0.05, 0.1) is 5.09 Å². The SMILES string of the molecule is O=[N+]([O-])[O-].[CaH2].[PbH2]. The van der Waals surface area contributed by atoms with E-state index in [9.17, 15) is 0 Å². The summed E-state index contributed by atoms with van der Waals surface area (Å²) in [6.07, 6.45) is 0. The summed E-state index contributed by atoms with van der Waals surface area (Å²) in [5.41, 5.74) is 0. The van der Waals surface area contributed by atoms with Gasteiger partial charge < -0.3 is 15.3 Å². The average Bonchev–Trinajstić information content (AvgIpc) is 0.811. The summed E-state index contributed by atoms with van der Waals surface area (Å²) in [6.45, 7) is 0. The number of hydrogen-bond acceptors (Lipinski definition) is 3. The molecule has 0 saturated heterocycles. The molecule has 0 aromatic rings. The standard InChI is InChI=1S/Ca.NO3.Pb.4H/c;2-1(3)4;;;;;/q;-1;;;;;. The summed E-state index contributed by atoms with van der Waals surface area (Å²) in [5, 5.41) is 14.8. The van der Waals surface area contributed by atoms with Crippen molar-refractivity contribution >= 4 is 65.0 Å². The zero-order valence-electron chi connectivity index (χ0n) is 2.38. The van der Waals surface area contributed by atoms with E-state index in [0.29, 0.717) is 0 Å². The molecule has 0 aliphatic rings. The minimum absolute atomic E-state index is 0. The molecule has 0 saturated carbocycles. The van der Waals surface area contributed by atoms with Gasteiger partial charge in [0, 0.05) is 0 Å². The first kappa shape index (κ1) is 15.7. The van der Waals surface area contributed by atoms with Crippen LogP contribution in [0.25, 0.3) is 0 Å². The van der Waals surface area contributed by atoms with E-state index in [0.717, 1.165) is 0 Å². The normalized spacial score (nSPS) is 4.00. The van der Waals surface area contributed by atoms with Crippen molar-refractivity contribution in [3.63, 3.8) is 0 Å². The van der Waals surface area contributed by atoms with Crippen molar-refractivity contribution in [3.05, 3.63) is 15.3 Å². The van der Waals surface area contributed by atoms with E-state index < -0.39 is 5.09 Å². The Morgan fingerprint density at radius 1 is 1.33 bits per heavy atom. The molecule has 6 heteroatoms. The topological polar surface area (TPSA) is 66.2 Å². The van der Waals surface area contributed by atoms with Crippen molar-refractivity contribution < 1.29 is 5.09 Å². The molecular formula is H4CaNO3Pb-. The van der Waals surface area contributed by atoms with Gasteiger partial charge in [-0.25, -0.2) is 0 Å². The average molecular weight is 313 g/mol. The van der Waals surface area contributed by atoms with Crippen LogP contribution in [0.15, 0.2) is 0 Å². The van der Waals surface area contributed by atoms with Crippen LogP contribution in [0.3, 0.4) is 0 Å². The Bertz CT molecular complexity index is 33.8. The Labute approximate surface area is 84.2 Å². The monoisotopic (exact) mass is 314 g/mol. The molecule has 0 amide bonds. The predicted octanol–water partition coefficient (Wildman–Crippen LogP) is -2.07. The molecule has 4 nitrogen and oxygen atoms in total. The molecule has 2 radical (unpaired) electrons. The van der Waals surface area contributed by atoms with Crippen LogP contribution in [0.4, 0.5) is 0 Å². The first-order valence-electron chi connectivity index (χ1n) is 0.548. The molecule has 0 aliphatic heterocycles. The second-order valence-corrected chi connectivity index (χ2v) is 0.224. The van der Waals surface area contributed by atoms with E-state index in [1.807, 2.05) is 0 Å². The van der Waals surface area contributed by atoms with Crippen LogP contribution in [0.5, 0.6) is 0 Å². The van der Waals surface area contributed by atoms with Gasteiger partial charge in [-0.05, 0) is 0 Å². The van der Waals surface area contributed by atoms with E-state index in [2.05, 4.69) is 0 Å². The quantitative estimate of drug-likeness (QED) is 0.293. The molecule has 0 spiro atoms. The van der Waals surface area contributed by atoms with Crippen molar-refractivity contribution in [2.75, 3.05) is 0 Å². The van der Waals surface area contributed by atoms with Crippen molar-refractivity contribution in [2.24, 2.45) is 0 Å². The van der Waals surface area contributed by atoms with E-state index in [1.165, 1.54) is 0 Å². The summed E-state index contributed by atoms with van der Waals surface area (Å²) in [4.78, 5) is 8.25. The number of nitrogens with zero attached hydrogens (tertiary/aromatic N) is 1. The molecule has 0 fully saturated rings. The zero-order chi connectivity index (χ0) is 3.58. The van der Waals surface area contributed by atoms with E-state index >= 15 is 0 Å². The third kappa shape index (κ3) is 54.1. The Morgan fingerprint density at radius 2 is 1.33 bits per heavy atom. The molecule has 0 heterocycles. The van der Waals surface area contributed by atoms with Gasteiger partial charge in [-0.2, -0.15) is 0 Å². The third-order valence-electron chi connectivity index (χ3n) is 0. The van der Waals surface area contributed by atoms with Gasteiger partial charge in [-0.3, -0.25) is 0 Å². The fraction of sp³-hybridized carbons (Fsp3) is 0. The fourth-order valence-electron chi connectivity index (χ4n) is 0. The maximum atomic E-state index is 8.25. The van der Waals surface area contributed by atoms with Crippen LogP contribution >= 0.6 is 0 Å². The Kier molecular flexibility index (Phi) is 25.1.